The molecule has 0 aliphatic carbocycles. The topological polar surface area (TPSA) is 95.6 Å². The Morgan fingerprint density at radius 2 is 1.80 bits per heavy atom. The van der Waals surface area contributed by atoms with Gasteiger partial charge in [0.2, 0.25) is 5.91 Å². The van der Waals surface area contributed by atoms with Gasteiger partial charge in [0.1, 0.15) is 0 Å². The maximum atomic E-state index is 11.9. The third-order valence-electron chi connectivity index (χ3n) is 3.00. The van der Waals surface area contributed by atoms with E-state index in [1.54, 1.807) is 0 Å². The fourth-order valence-electron chi connectivity index (χ4n) is 1.44. The molecule has 0 aliphatic heterocycles. The second-order valence-corrected chi connectivity index (χ2v) is 3.73. The number of carbonyl (C=O) groups excluding carboxylic acids is 1. The van der Waals surface area contributed by atoms with Crippen molar-refractivity contribution in [2.24, 2.45) is 11.1 Å². The summed E-state index contributed by atoms with van der Waals surface area (Å²) in [4.78, 5) is 11.9. The van der Waals surface area contributed by atoms with Crippen molar-refractivity contribution in [1.82, 2.24) is 5.32 Å². The van der Waals surface area contributed by atoms with Crippen LogP contribution in [0.2, 0.25) is 0 Å². The summed E-state index contributed by atoms with van der Waals surface area (Å²) in [6.45, 7) is 3.55. The van der Waals surface area contributed by atoms with Crippen molar-refractivity contribution in [3.63, 3.8) is 0 Å². The number of nitrogens with two attached hydrogens (primary N) is 1. The van der Waals surface area contributed by atoms with Crippen molar-refractivity contribution in [2.75, 3.05) is 19.8 Å². The van der Waals surface area contributed by atoms with E-state index >= 15 is 0 Å². The van der Waals surface area contributed by atoms with Gasteiger partial charge in [0, 0.05) is 6.54 Å². The standard InChI is InChI=1S/C10H22N2O3/c1-3-10(4-2,7-11)9(15)12-8(5-13)6-14/h8,13-14H,3-7,11H2,1-2H3,(H,12,15). The largest absolute Gasteiger partial charge is 0.394 e. The van der Waals surface area contributed by atoms with Gasteiger partial charge < -0.3 is 21.3 Å². The number of hydrogen-bond donors (Lipinski definition) is 4. The van der Waals surface area contributed by atoms with Crippen LogP contribution in [0.4, 0.5) is 0 Å². The summed E-state index contributed by atoms with van der Waals surface area (Å²) in [5, 5.41) is 20.3. The molecule has 0 rings (SSSR count). The van der Waals surface area contributed by atoms with Crippen molar-refractivity contribution in [3.8, 4) is 0 Å². The maximum Gasteiger partial charge on any atom is 0.227 e. The molecule has 5 nitrogen and oxygen atoms in total. The number of nitrogens with one attached hydrogen (secondary N) is 1. The minimum Gasteiger partial charge on any atom is -0.394 e. The van der Waals surface area contributed by atoms with Crippen LogP contribution in [0.25, 0.3) is 0 Å². The van der Waals surface area contributed by atoms with Gasteiger partial charge in [-0.25, -0.2) is 0 Å². The van der Waals surface area contributed by atoms with E-state index in [1.165, 1.54) is 0 Å². The molecule has 15 heavy (non-hydrogen) atoms. The zero-order valence-electron chi connectivity index (χ0n) is 9.49. The Morgan fingerprint density at radius 3 is 2.07 bits per heavy atom. The molecule has 0 aromatic heterocycles. The fraction of sp³-hybridized carbons (Fsp3) is 0.900. The molecular formula is C10H22N2O3. The molecule has 0 fully saturated rings. The van der Waals surface area contributed by atoms with Gasteiger partial charge in [0.15, 0.2) is 0 Å². The summed E-state index contributed by atoms with van der Waals surface area (Å²) in [5.41, 5.74) is 5.02. The van der Waals surface area contributed by atoms with Gasteiger partial charge >= 0.3 is 0 Å². The van der Waals surface area contributed by atoms with Gasteiger partial charge in [-0.05, 0) is 12.8 Å². The molecule has 0 aromatic carbocycles. The van der Waals surface area contributed by atoms with Crippen LogP contribution in [-0.4, -0.2) is 41.9 Å². The van der Waals surface area contributed by atoms with E-state index in [0.717, 1.165) is 0 Å². The van der Waals surface area contributed by atoms with E-state index in [1.807, 2.05) is 13.8 Å². The summed E-state index contributed by atoms with van der Waals surface area (Å²) in [5.74, 6) is -0.192. The molecule has 0 saturated heterocycles. The molecule has 1 amide bonds. The molecule has 0 spiro atoms. The molecule has 0 saturated carbocycles. The van der Waals surface area contributed by atoms with Crippen LogP contribution in [-0.2, 0) is 4.79 Å². The average Bonchev–Trinajstić information content (AvgIpc) is 2.29. The normalized spacial score (nSPS) is 11.9. The van der Waals surface area contributed by atoms with E-state index in [9.17, 15) is 4.79 Å². The summed E-state index contributed by atoms with van der Waals surface area (Å²) in [7, 11) is 0. The molecule has 0 bridgehead atoms. The maximum absolute atomic E-state index is 11.9. The van der Waals surface area contributed by atoms with Gasteiger partial charge in [-0.2, -0.15) is 0 Å². The number of hydrogen-bond acceptors (Lipinski definition) is 4. The van der Waals surface area contributed by atoms with Crippen molar-refractivity contribution in [1.29, 1.82) is 0 Å². The van der Waals surface area contributed by atoms with Gasteiger partial charge in [0.05, 0.1) is 24.7 Å². The first-order chi connectivity index (χ1) is 7.10. The number of carbonyl (C=O) groups is 1. The monoisotopic (exact) mass is 218 g/mol. The molecule has 5 N–H and O–H groups in total. The zero-order valence-corrected chi connectivity index (χ0v) is 9.49. The Balaban J connectivity index is 4.51. The summed E-state index contributed by atoms with van der Waals surface area (Å²) < 4.78 is 0. The van der Waals surface area contributed by atoms with E-state index < -0.39 is 11.5 Å². The first-order valence-corrected chi connectivity index (χ1v) is 5.32. The molecule has 90 valence electrons. The van der Waals surface area contributed by atoms with Crippen LogP contribution in [0.1, 0.15) is 26.7 Å². The lowest BCUT2D eigenvalue weighted by Gasteiger charge is -2.30. The zero-order chi connectivity index (χ0) is 11.9. The highest BCUT2D eigenvalue weighted by Gasteiger charge is 2.34. The molecule has 0 aliphatic rings. The van der Waals surface area contributed by atoms with Gasteiger partial charge in [-0.1, -0.05) is 13.8 Å². The molecule has 0 atom stereocenters. The molecule has 5 heteroatoms. The smallest absolute Gasteiger partial charge is 0.227 e. The molecule has 0 radical (unpaired) electrons. The van der Waals surface area contributed by atoms with Crippen molar-refractivity contribution in [2.45, 2.75) is 32.7 Å². The molecule has 0 unspecified atom stereocenters. The summed E-state index contributed by atoms with van der Waals surface area (Å²) in [6, 6.07) is -0.596. The highest BCUT2D eigenvalue weighted by Crippen LogP contribution is 2.24. The van der Waals surface area contributed by atoms with Crippen molar-refractivity contribution >= 4 is 5.91 Å². The van der Waals surface area contributed by atoms with E-state index in [0.29, 0.717) is 12.8 Å². The molecule has 0 heterocycles. The van der Waals surface area contributed by atoms with Crippen molar-refractivity contribution < 1.29 is 15.0 Å². The number of aliphatic hydroxyl groups is 2. The van der Waals surface area contributed by atoms with Gasteiger partial charge in [-0.15, -0.1) is 0 Å². The highest BCUT2D eigenvalue weighted by atomic mass is 16.3. The number of aliphatic hydroxyl groups excluding tert-OH is 2. The summed E-state index contributed by atoms with van der Waals surface area (Å²) in [6.07, 6.45) is 1.30. The van der Waals surface area contributed by atoms with Crippen LogP contribution in [0.15, 0.2) is 0 Å². The first-order valence-electron chi connectivity index (χ1n) is 5.32. The predicted molar refractivity (Wildman–Crippen MR) is 58.2 cm³/mol. The SMILES string of the molecule is CCC(CC)(CN)C(=O)NC(CO)CO. The van der Waals surface area contributed by atoms with Crippen LogP contribution in [0.3, 0.4) is 0 Å². The Kier molecular flexibility index (Phi) is 6.47. The van der Waals surface area contributed by atoms with Crippen LogP contribution in [0.5, 0.6) is 0 Å². The number of amides is 1. The van der Waals surface area contributed by atoms with Gasteiger partial charge in [0.25, 0.3) is 0 Å². The quantitative estimate of drug-likeness (QED) is 0.451. The number of rotatable bonds is 7. The van der Waals surface area contributed by atoms with Gasteiger partial charge in [-0.3, -0.25) is 4.79 Å². The predicted octanol–water partition coefficient (Wildman–Crippen LogP) is -0.779. The lowest BCUT2D eigenvalue weighted by Crippen LogP contribution is -2.50. The molecular weight excluding hydrogens is 196 g/mol. The Morgan fingerprint density at radius 1 is 1.33 bits per heavy atom. The van der Waals surface area contributed by atoms with E-state index in [4.69, 9.17) is 15.9 Å². The Hall–Kier alpha value is -0.650. The Labute approximate surface area is 90.7 Å². The third kappa shape index (κ3) is 3.44. The Bertz CT molecular complexity index is 181. The lowest BCUT2D eigenvalue weighted by atomic mass is 9.81. The average molecular weight is 218 g/mol. The first kappa shape index (κ1) is 14.3. The second-order valence-electron chi connectivity index (χ2n) is 3.73. The minimum atomic E-state index is -0.596. The summed E-state index contributed by atoms with van der Waals surface area (Å²) >= 11 is 0. The molecule has 0 aromatic rings. The van der Waals surface area contributed by atoms with Crippen LogP contribution >= 0.6 is 0 Å². The third-order valence-corrected chi connectivity index (χ3v) is 3.00. The van der Waals surface area contributed by atoms with Crippen LogP contribution < -0.4 is 11.1 Å². The highest BCUT2D eigenvalue weighted by molar-refractivity contribution is 5.83. The van der Waals surface area contributed by atoms with E-state index in [2.05, 4.69) is 5.32 Å². The van der Waals surface area contributed by atoms with Crippen molar-refractivity contribution in [3.05, 3.63) is 0 Å². The van der Waals surface area contributed by atoms with E-state index in [-0.39, 0.29) is 25.7 Å². The second kappa shape index (κ2) is 6.76. The van der Waals surface area contributed by atoms with Crippen LogP contribution in [0, 0.1) is 5.41 Å². The minimum absolute atomic E-state index is 0.192. The lowest BCUT2D eigenvalue weighted by molar-refractivity contribution is -0.132. The fourth-order valence-corrected chi connectivity index (χ4v) is 1.44.